The lowest BCUT2D eigenvalue weighted by Gasteiger charge is -2.28. The molecule has 0 unspecified atom stereocenters. The van der Waals surface area contributed by atoms with Crippen LogP contribution < -0.4 is 0 Å². The van der Waals surface area contributed by atoms with Crippen LogP contribution in [0.5, 0.6) is 0 Å². The van der Waals surface area contributed by atoms with Gasteiger partial charge < -0.3 is 9.84 Å². The standard InChI is InChI=1S/C17H21NO3/c1-21-17(20)12-15(18-11-5-8-16(18)13-19)10-9-14-6-3-2-4-7-14/h2-4,6-7,15-16,19H,5,8,11-13H2,1H3/t15-,16+/m1/s1. The number of carbonyl (C=O) groups excluding carboxylic acids is 1. The predicted molar refractivity (Wildman–Crippen MR) is 80.6 cm³/mol. The molecular formula is C17H21NO3. The summed E-state index contributed by atoms with van der Waals surface area (Å²) in [6.07, 6.45) is 2.20. The van der Waals surface area contributed by atoms with Crippen LogP contribution in [0, 0.1) is 11.8 Å². The third-order valence-corrected chi connectivity index (χ3v) is 3.78. The fraction of sp³-hybridized carbons (Fsp3) is 0.471. The Balaban J connectivity index is 2.16. The van der Waals surface area contributed by atoms with Gasteiger partial charge in [0.25, 0.3) is 0 Å². The summed E-state index contributed by atoms with van der Waals surface area (Å²) in [6.45, 7) is 0.959. The Labute approximate surface area is 125 Å². The van der Waals surface area contributed by atoms with Crippen LogP contribution in [0.2, 0.25) is 0 Å². The van der Waals surface area contributed by atoms with Crippen LogP contribution in [0.3, 0.4) is 0 Å². The van der Waals surface area contributed by atoms with Crippen molar-refractivity contribution in [3.05, 3.63) is 35.9 Å². The molecule has 0 saturated carbocycles. The van der Waals surface area contributed by atoms with E-state index >= 15 is 0 Å². The van der Waals surface area contributed by atoms with Crippen LogP contribution in [-0.2, 0) is 9.53 Å². The fourth-order valence-corrected chi connectivity index (χ4v) is 2.64. The Morgan fingerprint density at radius 2 is 2.24 bits per heavy atom. The van der Waals surface area contributed by atoms with Gasteiger partial charge in [-0.1, -0.05) is 30.0 Å². The van der Waals surface area contributed by atoms with Crippen molar-refractivity contribution in [3.63, 3.8) is 0 Å². The smallest absolute Gasteiger partial charge is 0.308 e. The van der Waals surface area contributed by atoms with E-state index in [1.165, 1.54) is 7.11 Å². The summed E-state index contributed by atoms with van der Waals surface area (Å²) in [5, 5.41) is 9.46. The molecule has 1 aromatic rings. The molecule has 0 spiro atoms. The number of esters is 1. The molecule has 4 heteroatoms. The van der Waals surface area contributed by atoms with Gasteiger partial charge in [-0.2, -0.15) is 0 Å². The summed E-state index contributed by atoms with van der Waals surface area (Å²) >= 11 is 0. The number of benzene rings is 1. The Kier molecular flexibility index (Phi) is 5.79. The third kappa shape index (κ3) is 4.32. The van der Waals surface area contributed by atoms with Gasteiger partial charge in [0.1, 0.15) is 0 Å². The monoisotopic (exact) mass is 287 g/mol. The van der Waals surface area contributed by atoms with E-state index in [1.54, 1.807) is 0 Å². The average Bonchev–Trinajstić information content (AvgIpc) is 3.00. The van der Waals surface area contributed by atoms with Gasteiger partial charge in [0.05, 0.1) is 26.2 Å². The highest BCUT2D eigenvalue weighted by Crippen LogP contribution is 2.21. The molecule has 1 N–H and O–H groups in total. The summed E-state index contributed by atoms with van der Waals surface area (Å²) < 4.78 is 4.77. The Bertz CT molecular complexity index is 518. The van der Waals surface area contributed by atoms with Crippen LogP contribution in [0.4, 0.5) is 0 Å². The number of ether oxygens (including phenoxy) is 1. The number of aliphatic hydroxyl groups is 1. The van der Waals surface area contributed by atoms with Gasteiger partial charge in [0.2, 0.25) is 0 Å². The fourth-order valence-electron chi connectivity index (χ4n) is 2.64. The number of hydrogen-bond acceptors (Lipinski definition) is 4. The first kappa shape index (κ1) is 15.6. The van der Waals surface area contributed by atoms with Gasteiger partial charge >= 0.3 is 5.97 Å². The molecule has 2 rings (SSSR count). The second-order valence-electron chi connectivity index (χ2n) is 5.15. The summed E-state index contributed by atoms with van der Waals surface area (Å²) in [5.74, 6) is 6.01. The number of nitrogens with zero attached hydrogens (tertiary/aromatic N) is 1. The lowest BCUT2D eigenvalue weighted by molar-refractivity contribution is -0.141. The maximum atomic E-state index is 11.6. The molecule has 0 aromatic heterocycles. The van der Waals surface area contributed by atoms with Gasteiger partial charge in [-0.25, -0.2) is 0 Å². The highest BCUT2D eigenvalue weighted by Gasteiger charge is 2.30. The molecule has 0 aliphatic carbocycles. The lowest BCUT2D eigenvalue weighted by Crippen LogP contribution is -2.41. The molecule has 1 fully saturated rings. The van der Waals surface area contributed by atoms with Gasteiger partial charge in [0.15, 0.2) is 0 Å². The molecule has 0 bridgehead atoms. The molecule has 1 aliphatic heterocycles. The number of hydrogen-bond donors (Lipinski definition) is 1. The minimum atomic E-state index is -0.272. The molecule has 1 saturated heterocycles. The maximum Gasteiger partial charge on any atom is 0.308 e. The van der Waals surface area contributed by atoms with Crippen LogP contribution >= 0.6 is 0 Å². The van der Waals surface area contributed by atoms with Crippen molar-refractivity contribution in [1.82, 2.24) is 4.90 Å². The maximum absolute atomic E-state index is 11.6. The van der Waals surface area contributed by atoms with E-state index in [4.69, 9.17) is 4.74 Å². The number of rotatable bonds is 4. The second-order valence-corrected chi connectivity index (χ2v) is 5.15. The van der Waals surface area contributed by atoms with E-state index in [2.05, 4.69) is 16.7 Å². The van der Waals surface area contributed by atoms with E-state index in [9.17, 15) is 9.90 Å². The SMILES string of the molecule is COC(=O)C[C@@H](C#Cc1ccccc1)N1CCC[C@H]1CO. The molecule has 2 atom stereocenters. The van der Waals surface area contributed by atoms with E-state index < -0.39 is 0 Å². The van der Waals surface area contributed by atoms with Crippen LogP contribution in [0.15, 0.2) is 30.3 Å². The molecule has 1 aliphatic rings. The van der Waals surface area contributed by atoms with Crippen LogP contribution in [0.1, 0.15) is 24.8 Å². The van der Waals surface area contributed by atoms with Crippen molar-refractivity contribution in [1.29, 1.82) is 0 Å². The zero-order valence-corrected chi connectivity index (χ0v) is 12.3. The van der Waals surface area contributed by atoms with E-state index in [0.29, 0.717) is 0 Å². The Morgan fingerprint density at radius 1 is 1.48 bits per heavy atom. The number of carbonyl (C=O) groups is 1. The van der Waals surface area contributed by atoms with Gasteiger partial charge in [-0.3, -0.25) is 9.69 Å². The summed E-state index contributed by atoms with van der Waals surface area (Å²) in [6, 6.07) is 9.57. The first-order valence-corrected chi connectivity index (χ1v) is 7.24. The van der Waals surface area contributed by atoms with Gasteiger partial charge in [-0.15, -0.1) is 0 Å². The topological polar surface area (TPSA) is 49.8 Å². The highest BCUT2D eigenvalue weighted by atomic mass is 16.5. The Morgan fingerprint density at radius 3 is 2.90 bits per heavy atom. The molecule has 4 nitrogen and oxygen atoms in total. The number of aliphatic hydroxyl groups excluding tert-OH is 1. The summed E-state index contributed by atoms with van der Waals surface area (Å²) in [5.41, 5.74) is 0.923. The summed E-state index contributed by atoms with van der Waals surface area (Å²) in [4.78, 5) is 13.7. The Hall–Kier alpha value is -1.83. The van der Waals surface area contributed by atoms with Crippen molar-refractivity contribution in [2.24, 2.45) is 0 Å². The van der Waals surface area contributed by atoms with E-state index in [-0.39, 0.29) is 31.1 Å². The van der Waals surface area contributed by atoms with Crippen molar-refractivity contribution >= 4 is 5.97 Å². The van der Waals surface area contributed by atoms with Crippen LogP contribution in [0.25, 0.3) is 0 Å². The van der Waals surface area contributed by atoms with Crippen molar-refractivity contribution in [2.75, 3.05) is 20.3 Å². The number of likely N-dealkylation sites (tertiary alicyclic amines) is 1. The zero-order chi connectivity index (χ0) is 15.1. The second kappa shape index (κ2) is 7.82. The molecule has 1 aromatic carbocycles. The molecule has 112 valence electrons. The molecule has 1 heterocycles. The van der Waals surface area contributed by atoms with Crippen molar-refractivity contribution in [3.8, 4) is 11.8 Å². The lowest BCUT2D eigenvalue weighted by atomic mass is 10.1. The van der Waals surface area contributed by atoms with Crippen molar-refractivity contribution in [2.45, 2.75) is 31.3 Å². The highest BCUT2D eigenvalue weighted by molar-refractivity contribution is 5.70. The molecule has 0 amide bonds. The largest absolute Gasteiger partial charge is 0.469 e. The average molecular weight is 287 g/mol. The molecule has 21 heavy (non-hydrogen) atoms. The first-order chi connectivity index (χ1) is 10.2. The van der Waals surface area contributed by atoms with Crippen molar-refractivity contribution < 1.29 is 14.6 Å². The molecule has 0 radical (unpaired) electrons. The van der Waals surface area contributed by atoms with Gasteiger partial charge in [0, 0.05) is 11.6 Å². The normalized spacial score (nSPS) is 19.6. The minimum Gasteiger partial charge on any atom is -0.469 e. The molecular weight excluding hydrogens is 266 g/mol. The quantitative estimate of drug-likeness (QED) is 0.672. The van der Waals surface area contributed by atoms with E-state index in [0.717, 1.165) is 24.9 Å². The van der Waals surface area contributed by atoms with E-state index in [1.807, 2.05) is 30.3 Å². The first-order valence-electron chi connectivity index (χ1n) is 7.24. The third-order valence-electron chi connectivity index (χ3n) is 3.78. The predicted octanol–water partition coefficient (Wildman–Crippen LogP) is 1.43. The minimum absolute atomic E-state index is 0.0877. The number of methoxy groups -OCH3 is 1. The zero-order valence-electron chi connectivity index (χ0n) is 12.3. The van der Waals surface area contributed by atoms with Crippen LogP contribution in [-0.4, -0.2) is 48.3 Å². The summed E-state index contributed by atoms with van der Waals surface area (Å²) in [7, 11) is 1.39. The van der Waals surface area contributed by atoms with Gasteiger partial charge in [-0.05, 0) is 31.5 Å².